The third kappa shape index (κ3) is 1.95. The number of hydrogen-bond acceptors (Lipinski definition) is 2. The molecule has 1 aromatic rings. The van der Waals surface area contributed by atoms with Gasteiger partial charge in [-0.2, -0.15) is 0 Å². The average molecular weight is 227 g/mol. The summed E-state index contributed by atoms with van der Waals surface area (Å²) in [6.07, 6.45) is 3.55. The van der Waals surface area contributed by atoms with Crippen LogP contribution in [0.2, 0.25) is 0 Å². The fourth-order valence-corrected chi connectivity index (χ4v) is 1.31. The predicted octanol–water partition coefficient (Wildman–Crippen LogP) is 2.37. The smallest absolute Gasteiger partial charge is 0.142 e. The van der Waals surface area contributed by atoms with Crippen LogP contribution in [0.1, 0.15) is 5.56 Å². The summed E-state index contributed by atoms with van der Waals surface area (Å²) in [6.45, 7) is 0. The molecule has 0 unspecified atom stereocenters. The first-order valence-corrected chi connectivity index (χ1v) is 4.14. The fraction of sp³-hybridized carbons (Fsp3) is 0. The number of allylic oxidation sites excluding steroid dienone is 1. The largest absolute Gasteiger partial charge is 0.507 e. The normalized spacial score (nSPS) is 10.4. The van der Waals surface area contributed by atoms with Gasteiger partial charge in [-0.15, -0.1) is 0 Å². The van der Waals surface area contributed by atoms with Crippen molar-refractivity contribution < 1.29 is 9.90 Å². The van der Waals surface area contributed by atoms with Gasteiger partial charge in [0.15, 0.2) is 0 Å². The minimum absolute atomic E-state index is 0.155. The van der Waals surface area contributed by atoms with Gasteiger partial charge in [0.2, 0.25) is 0 Å². The third-order valence-electron chi connectivity index (χ3n) is 1.37. The van der Waals surface area contributed by atoms with Crippen molar-refractivity contribution in [2.24, 2.45) is 0 Å². The number of phenolic OH excluding ortho intramolecular Hbond substituents is 1. The lowest BCUT2D eigenvalue weighted by molar-refractivity contribution is -0.104. The molecule has 0 radical (unpaired) electrons. The highest BCUT2D eigenvalue weighted by molar-refractivity contribution is 9.10. The van der Waals surface area contributed by atoms with E-state index < -0.39 is 0 Å². The number of carbonyl (C=O) groups excluding carboxylic acids is 1. The van der Waals surface area contributed by atoms with E-state index in [1.807, 2.05) is 0 Å². The van der Waals surface area contributed by atoms with E-state index >= 15 is 0 Å². The molecule has 2 nitrogen and oxygen atoms in total. The number of rotatable bonds is 2. The minimum Gasteiger partial charge on any atom is -0.507 e. The molecule has 0 aromatic heterocycles. The summed E-state index contributed by atoms with van der Waals surface area (Å²) in [5.74, 6) is 0.155. The van der Waals surface area contributed by atoms with Crippen molar-refractivity contribution in [2.45, 2.75) is 0 Å². The van der Waals surface area contributed by atoms with E-state index in [9.17, 15) is 9.90 Å². The van der Waals surface area contributed by atoms with Gasteiger partial charge in [-0.05, 0) is 24.3 Å². The molecule has 0 spiro atoms. The summed E-state index contributed by atoms with van der Waals surface area (Å²) in [6, 6.07) is 5.08. The second kappa shape index (κ2) is 4.07. The topological polar surface area (TPSA) is 37.3 Å². The van der Waals surface area contributed by atoms with Crippen LogP contribution in [0, 0.1) is 0 Å². The second-order valence-electron chi connectivity index (χ2n) is 2.17. The van der Waals surface area contributed by atoms with Crippen molar-refractivity contribution in [3.63, 3.8) is 0 Å². The molecule has 0 amide bonds. The molecule has 0 saturated carbocycles. The van der Waals surface area contributed by atoms with Crippen molar-refractivity contribution in [1.82, 2.24) is 0 Å². The van der Waals surface area contributed by atoms with Gasteiger partial charge < -0.3 is 5.11 Å². The zero-order valence-electron chi connectivity index (χ0n) is 6.20. The summed E-state index contributed by atoms with van der Waals surface area (Å²) < 4.78 is 0.764. The van der Waals surface area contributed by atoms with Crippen LogP contribution in [-0.2, 0) is 4.79 Å². The molecular formula is C9H7BrO2. The lowest BCUT2D eigenvalue weighted by Gasteiger charge is -1.99. The summed E-state index contributed by atoms with van der Waals surface area (Å²) in [4.78, 5) is 10.0. The summed E-state index contributed by atoms with van der Waals surface area (Å²) >= 11 is 3.25. The van der Waals surface area contributed by atoms with Crippen molar-refractivity contribution in [3.05, 3.63) is 34.3 Å². The van der Waals surface area contributed by atoms with E-state index in [1.54, 1.807) is 24.3 Å². The Hall–Kier alpha value is -1.09. The standard InChI is InChI=1S/C9H7BrO2/c10-8-4-1-5-9(12)7(8)3-2-6-11/h1-6,12H/b3-2+. The molecule has 0 aliphatic rings. The number of aromatic hydroxyl groups is 1. The Morgan fingerprint density at radius 2 is 2.17 bits per heavy atom. The number of benzene rings is 1. The SMILES string of the molecule is O=C/C=C/c1c(O)cccc1Br. The molecule has 0 aliphatic heterocycles. The van der Waals surface area contributed by atoms with Gasteiger partial charge in [-0.25, -0.2) is 0 Å². The molecule has 62 valence electrons. The average Bonchev–Trinajstić information content (AvgIpc) is 2.04. The maximum Gasteiger partial charge on any atom is 0.142 e. The maximum atomic E-state index is 10.0. The van der Waals surface area contributed by atoms with Gasteiger partial charge in [0.25, 0.3) is 0 Å². The Labute approximate surface area is 78.7 Å². The molecule has 0 fully saturated rings. The van der Waals surface area contributed by atoms with Crippen molar-refractivity contribution in [1.29, 1.82) is 0 Å². The highest BCUT2D eigenvalue weighted by Crippen LogP contribution is 2.26. The van der Waals surface area contributed by atoms with Crippen LogP contribution in [0.4, 0.5) is 0 Å². The van der Waals surface area contributed by atoms with Gasteiger partial charge in [0, 0.05) is 10.0 Å². The van der Waals surface area contributed by atoms with Crippen LogP contribution in [0.5, 0.6) is 5.75 Å². The first-order valence-electron chi connectivity index (χ1n) is 3.35. The summed E-state index contributed by atoms with van der Waals surface area (Å²) in [7, 11) is 0. The third-order valence-corrected chi connectivity index (χ3v) is 2.06. The Bertz CT molecular complexity index is 298. The summed E-state index contributed by atoms with van der Waals surface area (Å²) in [5, 5.41) is 9.32. The van der Waals surface area contributed by atoms with Gasteiger partial charge in [-0.3, -0.25) is 4.79 Å². The Balaban J connectivity index is 3.12. The Kier molecular flexibility index (Phi) is 3.05. The molecule has 0 saturated heterocycles. The van der Waals surface area contributed by atoms with Gasteiger partial charge in [0.05, 0.1) is 0 Å². The molecule has 1 rings (SSSR count). The molecule has 0 aliphatic carbocycles. The quantitative estimate of drug-likeness (QED) is 0.622. The number of halogens is 1. The lowest BCUT2D eigenvalue weighted by atomic mass is 10.2. The predicted molar refractivity (Wildman–Crippen MR) is 50.9 cm³/mol. The second-order valence-corrected chi connectivity index (χ2v) is 3.02. The Morgan fingerprint density at radius 3 is 2.75 bits per heavy atom. The fourth-order valence-electron chi connectivity index (χ4n) is 0.826. The van der Waals surface area contributed by atoms with Gasteiger partial charge >= 0.3 is 0 Å². The highest BCUT2D eigenvalue weighted by atomic mass is 79.9. The van der Waals surface area contributed by atoms with Crippen molar-refractivity contribution in [2.75, 3.05) is 0 Å². The van der Waals surface area contributed by atoms with Gasteiger partial charge in [-0.1, -0.05) is 22.0 Å². The monoisotopic (exact) mass is 226 g/mol. The first kappa shape index (κ1) is 9.00. The van der Waals surface area contributed by atoms with E-state index in [0.29, 0.717) is 11.8 Å². The highest BCUT2D eigenvalue weighted by Gasteiger charge is 1.99. The number of carbonyl (C=O) groups is 1. The molecular weight excluding hydrogens is 220 g/mol. The molecule has 1 aromatic carbocycles. The minimum atomic E-state index is 0.155. The van der Waals surface area contributed by atoms with E-state index in [4.69, 9.17) is 0 Å². The van der Waals surface area contributed by atoms with Crippen molar-refractivity contribution >= 4 is 28.3 Å². The zero-order valence-corrected chi connectivity index (χ0v) is 7.78. The molecule has 0 atom stereocenters. The van der Waals surface area contributed by atoms with Crippen LogP contribution in [-0.4, -0.2) is 11.4 Å². The van der Waals surface area contributed by atoms with E-state index in [-0.39, 0.29) is 5.75 Å². The Morgan fingerprint density at radius 1 is 1.42 bits per heavy atom. The zero-order chi connectivity index (χ0) is 8.97. The maximum absolute atomic E-state index is 10.0. The molecule has 1 N–H and O–H groups in total. The lowest BCUT2D eigenvalue weighted by Crippen LogP contribution is -1.76. The van der Waals surface area contributed by atoms with Crippen LogP contribution >= 0.6 is 15.9 Å². The van der Waals surface area contributed by atoms with E-state index in [2.05, 4.69) is 15.9 Å². The van der Waals surface area contributed by atoms with E-state index in [1.165, 1.54) is 6.08 Å². The molecule has 12 heavy (non-hydrogen) atoms. The van der Waals surface area contributed by atoms with Crippen LogP contribution in [0.3, 0.4) is 0 Å². The van der Waals surface area contributed by atoms with Crippen LogP contribution in [0.15, 0.2) is 28.7 Å². The molecule has 3 heteroatoms. The number of hydrogen-bond donors (Lipinski definition) is 1. The number of phenols is 1. The van der Waals surface area contributed by atoms with Crippen molar-refractivity contribution in [3.8, 4) is 5.75 Å². The van der Waals surface area contributed by atoms with Crippen LogP contribution < -0.4 is 0 Å². The molecule has 0 bridgehead atoms. The van der Waals surface area contributed by atoms with Gasteiger partial charge in [0.1, 0.15) is 12.0 Å². The number of aldehydes is 1. The van der Waals surface area contributed by atoms with E-state index in [0.717, 1.165) is 4.47 Å². The molecule has 0 heterocycles. The summed E-state index contributed by atoms with van der Waals surface area (Å²) in [5.41, 5.74) is 0.615. The van der Waals surface area contributed by atoms with Crippen LogP contribution in [0.25, 0.3) is 6.08 Å². The first-order chi connectivity index (χ1) is 5.75.